The van der Waals surface area contributed by atoms with Crippen molar-refractivity contribution in [3.63, 3.8) is 0 Å². The van der Waals surface area contributed by atoms with Crippen LogP contribution in [0.2, 0.25) is 0 Å². The van der Waals surface area contributed by atoms with E-state index in [0.717, 1.165) is 50.5 Å². The van der Waals surface area contributed by atoms with E-state index in [9.17, 15) is 40.5 Å². The summed E-state index contributed by atoms with van der Waals surface area (Å²) >= 11 is 0. The average molecular weight is 683 g/mol. The molecule has 18 atom stereocenters. The number of ether oxygens (including phenoxy) is 5. The SMILES string of the molecule is C[C@H]1O[C@@H](O[C@H]2CC[C@@]3(C)[C@H](CCC4[C@@H]3CC[C@]3(C)[C@@H](C5=CC(=O)OC5)[C@@H](O)C[C@]43O)C2)C[C@H](O)[C@@H]1O[C@@H]1O[C@H](CO)[C@@H](O)[C@H](O)[C@H]1O. The first kappa shape index (κ1) is 35.2. The number of hydrogen-bond acceptors (Lipinski definition) is 13. The minimum atomic E-state index is -1.58. The van der Waals surface area contributed by atoms with E-state index < -0.39 is 79.0 Å². The number of carbonyl (C=O) groups excluding carboxylic acids is 1. The van der Waals surface area contributed by atoms with Gasteiger partial charge in [-0.1, -0.05) is 13.8 Å². The van der Waals surface area contributed by atoms with Crippen molar-refractivity contribution in [1.29, 1.82) is 0 Å². The fraction of sp³-hybridized carbons (Fsp3) is 0.914. The van der Waals surface area contributed by atoms with Gasteiger partial charge in [0.05, 0.1) is 36.6 Å². The van der Waals surface area contributed by atoms with Gasteiger partial charge in [0.25, 0.3) is 0 Å². The summed E-state index contributed by atoms with van der Waals surface area (Å²) in [5, 5.41) is 74.9. The van der Waals surface area contributed by atoms with Crippen LogP contribution in [0.25, 0.3) is 0 Å². The van der Waals surface area contributed by atoms with Crippen LogP contribution in [-0.2, 0) is 28.5 Å². The molecule has 0 aromatic rings. The lowest BCUT2D eigenvalue weighted by molar-refractivity contribution is -0.344. The van der Waals surface area contributed by atoms with E-state index in [0.29, 0.717) is 18.3 Å². The summed E-state index contributed by atoms with van der Waals surface area (Å²) in [5.41, 5.74) is -0.737. The molecule has 4 aliphatic carbocycles. The first-order chi connectivity index (χ1) is 22.7. The summed E-state index contributed by atoms with van der Waals surface area (Å²) < 4.78 is 29.1. The van der Waals surface area contributed by atoms with Crippen LogP contribution in [0, 0.1) is 34.5 Å². The molecule has 2 saturated heterocycles. The molecule has 0 amide bonds. The van der Waals surface area contributed by atoms with Crippen LogP contribution in [0.5, 0.6) is 0 Å². The molecule has 3 heterocycles. The molecule has 7 aliphatic rings. The van der Waals surface area contributed by atoms with E-state index in [-0.39, 0.29) is 42.4 Å². The molecule has 6 fully saturated rings. The van der Waals surface area contributed by atoms with Crippen molar-refractivity contribution in [2.24, 2.45) is 34.5 Å². The maximum absolute atomic E-state index is 12.5. The predicted molar refractivity (Wildman–Crippen MR) is 166 cm³/mol. The number of aliphatic hydroxyl groups excluding tert-OH is 6. The fourth-order valence-electron chi connectivity index (χ4n) is 11.4. The van der Waals surface area contributed by atoms with E-state index in [1.165, 1.54) is 6.08 Å². The summed E-state index contributed by atoms with van der Waals surface area (Å²) in [6.45, 7) is 5.81. The monoisotopic (exact) mass is 682 g/mol. The second-order valence-electron chi connectivity index (χ2n) is 16.4. The maximum Gasteiger partial charge on any atom is 0.331 e. The summed E-state index contributed by atoms with van der Waals surface area (Å²) in [5.74, 6) is 0.0985. The Bertz CT molecular complexity index is 1230. The molecule has 7 rings (SSSR count). The standard InChI is InChI=1S/C35H54O13/c1-16-31(48-32-30(42)29(41)28(40)24(14-36)47-32)22(37)12-26(45-16)46-19-6-8-33(2)18(11-19)4-5-21-20(33)7-9-34(3)27(17-10-25(39)44-15-17)23(38)13-35(21,34)43/h10,16,18-24,26-32,36-38,40-43H,4-9,11-15H2,1-3H3/t16-,18-,19+,20+,21?,22+,23+,24-,26+,27+,28-,29+,30-,31-,32+,33+,34-,35+/m1/s1. The molecule has 13 nitrogen and oxygen atoms in total. The zero-order chi connectivity index (χ0) is 34.3. The molecular weight excluding hydrogens is 628 g/mol. The Kier molecular flexibility index (Phi) is 9.36. The second-order valence-corrected chi connectivity index (χ2v) is 16.4. The van der Waals surface area contributed by atoms with Gasteiger partial charge < -0.3 is 59.4 Å². The van der Waals surface area contributed by atoms with Gasteiger partial charge in [-0.2, -0.15) is 0 Å². The number of esters is 1. The van der Waals surface area contributed by atoms with Gasteiger partial charge in [0.1, 0.15) is 37.1 Å². The third-order valence-electron chi connectivity index (χ3n) is 14.0. The number of cyclic esters (lactones) is 1. The van der Waals surface area contributed by atoms with Crippen LogP contribution >= 0.6 is 0 Å². The van der Waals surface area contributed by atoms with Crippen LogP contribution in [0.3, 0.4) is 0 Å². The van der Waals surface area contributed by atoms with E-state index >= 15 is 0 Å². The van der Waals surface area contributed by atoms with Crippen LogP contribution in [0.1, 0.15) is 78.6 Å². The first-order valence-electron chi connectivity index (χ1n) is 17.9. The largest absolute Gasteiger partial charge is 0.458 e. The third-order valence-corrected chi connectivity index (χ3v) is 14.0. The highest BCUT2D eigenvalue weighted by Crippen LogP contribution is 2.70. The van der Waals surface area contributed by atoms with Gasteiger partial charge in [-0.25, -0.2) is 4.79 Å². The van der Waals surface area contributed by atoms with Crippen LogP contribution in [0.15, 0.2) is 11.6 Å². The number of aliphatic hydroxyl groups is 7. The average Bonchev–Trinajstić information content (AvgIpc) is 3.54. The number of fused-ring (bicyclic) bond motifs is 5. The van der Waals surface area contributed by atoms with Gasteiger partial charge in [-0.05, 0) is 80.6 Å². The normalized spacial score (nSPS) is 55.3. The molecule has 13 heteroatoms. The smallest absolute Gasteiger partial charge is 0.331 e. The fourth-order valence-corrected chi connectivity index (χ4v) is 11.4. The molecule has 0 bridgehead atoms. The Morgan fingerprint density at radius 1 is 0.896 bits per heavy atom. The molecule has 0 spiro atoms. The van der Waals surface area contributed by atoms with Crippen molar-refractivity contribution in [3.05, 3.63) is 11.6 Å². The highest BCUT2D eigenvalue weighted by Gasteiger charge is 2.70. The number of rotatable bonds is 6. The molecule has 4 saturated carbocycles. The molecule has 0 radical (unpaired) electrons. The van der Waals surface area contributed by atoms with Gasteiger partial charge in [0.15, 0.2) is 12.6 Å². The van der Waals surface area contributed by atoms with Gasteiger partial charge in [0, 0.05) is 30.3 Å². The maximum atomic E-state index is 12.5. The van der Waals surface area contributed by atoms with Crippen molar-refractivity contribution in [2.45, 2.75) is 152 Å². The van der Waals surface area contributed by atoms with Crippen molar-refractivity contribution >= 4 is 5.97 Å². The van der Waals surface area contributed by atoms with Crippen LogP contribution < -0.4 is 0 Å². The zero-order valence-electron chi connectivity index (χ0n) is 28.1. The van der Waals surface area contributed by atoms with E-state index in [1.54, 1.807) is 6.92 Å². The van der Waals surface area contributed by atoms with E-state index in [4.69, 9.17) is 23.7 Å². The minimum absolute atomic E-state index is 0.0130. The molecule has 1 unspecified atom stereocenters. The highest BCUT2D eigenvalue weighted by atomic mass is 16.7. The van der Waals surface area contributed by atoms with Gasteiger partial charge in [-0.15, -0.1) is 0 Å². The molecule has 3 aliphatic heterocycles. The molecule has 0 aromatic heterocycles. The van der Waals surface area contributed by atoms with Gasteiger partial charge >= 0.3 is 5.97 Å². The third kappa shape index (κ3) is 5.51. The summed E-state index contributed by atoms with van der Waals surface area (Å²) in [6, 6.07) is 0. The predicted octanol–water partition coefficient (Wildman–Crippen LogP) is 0.280. The zero-order valence-corrected chi connectivity index (χ0v) is 28.1. The summed E-state index contributed by atoms with van der Waals surface area (Å²) in [7, 11) is 0. The summed E-state index contributed by atoms with van der Waals surface area (Å²) in [6.07, 6.45) is -3.04. The quantitative estimate of drug-likeness (QED) is 0.149. The van der Waals surface area contributed by atoms with Gasteiger partial charge in [-0.3, -0.25) is 0 Å². The van der Waals surface area contributed by atoms with E-state index in [1.807, 2.05) is 0 Å². The number of carbonyl (C=O) groups is 1. The Hall–Kier alpha value is -1.23. The molecule has 272 valence electrons. The van der Waals surface area contributed by atoms with E-state index in [2.05, 4.69) is 13.8 Å². The van der Waals surface area contributed by atoms with Gasteiger partial charge in [0.2, 0.25) is 0 Å². The Morgan fingerprint density at radius 3 is 2.35 bits per heavy atom. The van der Waals surface area contributed by atoms with Crippen molar-refractivity contribution < 1.29 is 64.2 Å². The topological polar surface area (TPSA) is 205 Å². The molecular formula is C35H54O13. The van der Waals surface area contributed by atoms with Crippen molar-refractivity contribution in [1.82, 2.24) is 0 Å². The Labute approximate surface area is 281 Å². The van der Waals surface area contributed by atoms with Crippen molar-refractivity contribution in [3.8, 4) is 0 Å². The minimum Gasteiger partial charge on any atom is -0.458 e. The highest BCUT2D eigenvalue weighted by molar-refractivity contribution is 5.85. The summed E-state index contributed by atoms with van der Waals surface area (Å²) in [4.78, 5) is 11.9. The lowest BCUT2D eigenvalue weighted by atomic mass is 9.43. The first-order valence-corrected chi connectivity index (χ1v) is 17.9. The van der Waals surface area contributed by atoms with Crippen molar-refractivity contribution in [2.75, 3.05) is 13.2 Å². The van der Waals surface area contributed by atoms with Crippen LogP contribution in [0.4, 0.5) is 0 Å². The molecule has 7 N–H and O–H groups in total. The lowest BCUT2D eigenvalue weighted by Crippen LogP contribution is -2.62. The lowest BCUT2D eigenvalue weighted by Gasteiger charge is -2.63. The molecule has 48 heavy (non-hydrogen) atoms. The number of hydrogen-bond donors (Lipinski definition) is 7. The second kappa shape index (κ2) is 12.8. The Balaban J connectivity index is 0.969. The van der Waals surface area contributed by atoms with Crippen LogP contribution in [-0.4, -0.2) is 128 Å². The molecule has 0 aromatic carbocycles. The Morgan fingerprint density at radius 2 is 1.67 bits per heavy atom.